The summed E-state index contributed by atoms with van der Waals surface area (Å²) in [5, 5.41) is 14.3. The molecular weight excluding hydrogens is 448 g/mol. The number of aromatic hydroxyl groups is 1. The zero-order valence-corrected chi connectivity index (χ0v) is 20.2. The van der Waals surface area contributed by atoms with Crippen LogP contribution < -0.4 is 10.1 Å². The van der Waals surface area contributed by atoms with E-state index in [4.69, 9.17) is 4.74 Å². The van der Waals surface area contributed by atoms with E-state index >= 15 is 0 Å². The second-order valence-electron chi connectivity index (χ2n) is 8.53. The molecule has 2 aromatic heterocycles. The largest absolute Gasteiger partial charge is 0.492 e. The van der Waals surface area contributed by atoms with Gasteiger partial charge in [0.05, 0.1) is 4.88 Å². The first-order valence-corrected chi connectivity index (χ1v) is 12.2. The number of nitrogens with one attached hydrogen (secondary N) is 1. The number of aromatic nitrogens is 2. The van der Waals surface area contributed by atoms with E-state index in [1.807, 2.05) is 43.3 Å². The van der Waals surface area contributed by atoms with E-state index in [2.05, 4.69) is 37.1 Å². The minimum Gasteiger partial charge on any atom is -0.492 e. The quantitative estimate of drug-likeness (QED) is 0.529. The fraction of sp³-hybridized carbons (Fsp3) is 0.320. The summed E-state index contributed by atoms with van der Waals surface area (Å²) >= 11 is 1.39. The van der Waals surface area contributed by atoms with E-state index in [1.54, 1.807) is 12.4 Å². The Kier molecular flexibility index (Phi) is 6.57. The number of anilines is 2. The van der Waals surface area contributed by atoms with Crippen LogP contribution in [0.4, 0.5) is 16.6 Å². The van der Waals surface area contributed by atoms with Gasteiger partial charge < -0.3 is 20.1 Å². The lowest BCUT2D eigenvalue weighted by Crippen LogP contribution is -2.45. The molecule has 2 N–H and O–H groups in total. The van der Waals surface area contributed by atoms with Crippen molar-refractivity contribution in [1.82, 2.24) is 19.8 Å². The molecule has 9 heteroatoms. The van der Waals surface area contributed by atoms with Crippen molar-refractivity contribution < 1.29 is 9.84 Å². The molecule has 8 nitrogen and oxygen atoms in total. The average molecular weight is 477 g/mol. The van der Waals surface area contributed by atoms with Crippen LogP contribution in [0.1, 0.15) is 16.0 Å². The fourth-order valence-electron chi connectivity index (χ4n) is 4.00. The lowest BCUT2D eigenvalue weighted by atomic mass is 10.1. The van der Waals surface area contributed by atoms with Crippen LogP contribution in [0.15, 0.2) is 41.5 Å². The maximum Gasteiger partial charge on any atom is 0.231 e. The van der Waals surface area contributed by atoms with E-state index in [0.29, 0.717) is 22.4 Å². The van der Waals surface area contributed by atoms with Gasteiger partial charge in [0, 0.05) is 62.0 Å². The monoisotopic (exact) mass is 476 g/mol. The number of aliphatic imine (C=N–C) groups is 1. The van der Waals surface area contributed by atoms with E-state index in [9.17, 15) is 5.11 Å². The van der Waals surface area contributed by atoms with Crippen molar-refractivity contribution in [3.8, 4) is 11.6 Å². The van der Waals surface area contributed by atoms with Crippen LogP contribution in [0.5, 0.6) is 11.6 Å². The highest BCUT2D eigenvalue weighted by Gasteiger charge is 2.16. The van der Waals surface area contributed by atoms with E-state index in [0.717, 1.165) is 60.9 Å². The first-order valence-electron chi connectivity index (χ1n) is 11.4. The Morgan fingerprint density at radius 2 is 2.06 bits per heavy atom. The normalized spacial score (nSPS) is 17.3. The number of nitrogens with zero attached hydrogens (tertiary/aromatic N) is 5. The molecule has 176 valence electrons. The maximum atomic E-state index is 10.4. The van der Waals surface area contributed by atoms with E-state index in [-0.39, 0.29) is 5.88 Å². The van der Waals surface area contributed by atoms with Crippen molar-refractivity contribution in [2.45, 2.75) is 6.92 Å². The van der Waals surface area contributed by atoms with Crippen LogP contribution in [0, 0.1) is 6.92 Å². The van der Waals surface area contributed by atoms with Crippen molar-refractivity contribution >= 4 is 45.8 Å². The summed E-state index contributed by atoms with van der Waals surface area (Å²) < 4.78 is 5.99. The molecule has 2 aliphatic rings. The molecule has 1 saturated heterocycles. The van der Waals surface area contributed by atoms with Gasteiger partial charge in [0.25, 0.3) is 0 Å². The summed E-state index contributed by atoms with van der Waals surface area (Å²) in [5.74, 6) is 1.54. The summed E-state index contributed by atoms with van der Waals surface area (Å²) in [6.07, 6.45) is 5.37. The number of allylic oxidation sites excluding steroid dienone is 1. The van der Waals surface area contributed by atoms with Crippen LogP contribution in [-0.4, -0.2) is 77.5 Å². The number of hydrogen-bond acceptors (Lipinski definition) is 9. The van der Waals surface area contributed by atoms with Gasteiger partial charge in [-0.1, -0.05) is 11.3 Å². The number of ether oxygens (including phenoxy) is 1. The lowest BCUT2D eigenvalue weighted by Gasteiger charge is -2.32. The van der Waals surface area contributed by atoms with Crippen LogP contribution in [0.2, 0.25) is 0 Å². The second-order valence-corrected chi connectivity index (χ2v) is 9.57. The first-order chi connectivity index (χ1) is 16.5. The predicted molar refractivity (Wildman–Crippen MR) is 138 cm³/mol. The molecule has 2 aliphatic heterocycles. The van der Waals surface area contributed by atoms with Crippen LogP contribution >= 0.6 is 11.3 Å². The Morgan fingerprint density at radius 1 is 1.21 bits per heavy atom. The number of hydrogen-bond donors (Lipinski definition) is 2. The Bertz CT molecular complexity index is 1230. The average Bonchev–Trinajstić information content (AvgIpc) is 3.40. The van der Waals surface area contributed by atoms with E-state index in [1.165, 1.54) is 11.3 Å². The first kappa shape index (κ1) is 22.5. The van der Waals surface area contributed by atoms with Crippen LogP contribution in [0.3, 0.4) is 0 Å². The number of thiazole rings is 1. The summed E-state index contributed by atoms with van der Waals surface area (Å²) in [7, 11) is 2.17. The molecule has 1 fully saturated rings. The summed E-state index contributed by atoms with van der Waals surface area (Å²) in [4.78, 5) is 18.3. The van der Waals surface area contributed by atoms with Gasteiger partial charge >= 0.3 is 0 Å². The van der Waals surface area contributed by atoms with Gasteiger partial charge in [-0.25, -0.2) is 9.98 Å². The molecule has 0 bridgehead atoms. The molecule has 5 rings (SSSR count). The van der Waals surface area contributed by atoms with Gasteiger partial charge in [0.2, 0.25) is 5.88 Å². The van der Waals surface area contributed by atoms with Gasteiger partial charge in [0.1, 0.15) is 12.4 Å². The molecule has 0 unspecified atom stereocenters. The van der Waals surface area contributed by atoms with Crippen LogP contribution in [-0.2, 0) is 0 Å². The molecule has 3 aromatic rings. The number of likely N-dealkylation sites (N-methyl/N-ethyl adjacent to an activating group) is 1. The number of pyridine rings is 1. The number of fused-ring (bicyclic) bond motifs is 1. The fourth-order valence-corrected chi connectivity index (χ4v) is 4.82. The number of rotatable bonds is 7. The van der Waals surface area contributed by atoms with Crippen molar-refractivity contribution in [1.29, 1.82) is 0 Å². The molecule has 0 atom stereocenters. The number of aryl methyl sites for hydroxylation is 1. The zero-order valence-electron chi connectivity index (χ0n) is 19.4. The molecule has 34 heavy (non-hydrogen) atoms. The van der Waals surface area contributed by atoms with Gasteiger partial charge in [0.15, 0.2) is 10.9 Å². The zero-order chi connectivity index (χ0) is 23.5. The highest BCUT2D eigenvalue weighted by atomic mass is 32.1. The minimum atomic E-state index is -0.00717. The lowest BCUT2D eigenvalue weighted by molar-refractivity contribution is 0.133. The molecule has 1 aromatic carbocycles. The third-order valence-electron chi connectivity index (χ3n) is 6.06. The second kappa shape index (κ2) is 9.92. The van der Waals surface area contributed by atoms with Crippen molar-refractivity contribution in [3.63, 3.8) is 0 Å². The highest BCUT2D eigenvalue weighted by Crippen LogP contribution is 2.36. The predicted octanol–water partition coefficient (Wildman–Crippen LogP) is 4.18. The molecule has 4 heterocycles. The van der Waals surface area contributed by atoms with Gasteiger partial charge in [-0.05, 0) is 55.9 Å². The maximum absolute atomic E-state index is 10.4. The topological polar surface area (TPSA) is 86.1 Å². The Morgan fingerprint density at radius 3 is 2.88 bits per heavy atom. The third kappa shape index (κ3) is 5.11. The molecule has 0 aliphatic carbocycles. The minimum absolute atomic E-state index is 0.00717. The Labute approximate surface area is 203 Å². The van der Waals surface area contributed by atoms with Gasteiger partial charge in [-0.3, -0.25) is 4.90 Å². The smallest absolute Gasteiger partial charge is 0.231 e. The molecule has 0 radical (unpaired) electrons. The van der Waals surface area contributed by atoms with E-state index < -0.39 is 0 Å². The van der Waals surface area contributed by atoms with Crippen LogP contribution in [0.25, 0.3) is 11.6 Å². The van der Waals surface area contributed by atoms with Crippen molar-refractivity contribution in [2.24, 2.45) is 4.99 Å². The molecule has 0 spiro atoms. The Balaban J connectivity index is 1.21. The Hall–Kier alpha value is -3.27. The highest BCUT2D eigenvalue weighted by molar-refractivity contribution is 7.16. The third-order valence-corrected chi connectivity index (χ3v) is 6.96. The SMILES string of the molecule is Cc1cc(OCCN2CCN(C)CC2)ccc1Nc1nc(O)c(/C=C2\C=Nc3ncccc32)s1. The summed E-state index contributed by atoms with van der Waals surface area (Å²) in [5.41, 5.74) is 3.83. The number of piperazine rings is 1. The molecule has 0 saturated carbocycles. The van der Waals surface area contributed by atoms with Crippen molar-refractivity contribution in [2.75, 3.05) is 51.7 Å². The van der Waals surface area contributed by atoms with Gasteiger partial charge in [-0.2, -0.15) is 4.98 Å². The summed E-state index contributed by atoms with van der Waals surface area (Å²) in [6, 6.07) is 9.83. The number of benzene rings is 1. The summed E-state index contributed by atoms with van der Waals surface area (Å²) in [6.45, 7) is 8.07. The molecule has 0 amide bonds. The van der Waals surface area contributed by atoms with Crippen molar-refractivity contribution in [3.05, 3.63) is 52.5 Å². The molecular formula is C25H28N6O2S. The van der Waals surface area contributed by atoms with Gasteiger partial charge in [-0.15, -0.1) is 0 Å². The standard InChI is InChI=1S/C25H28N6O2S/c1-17-14-19(33-13-12-31-10-8-30(2)9-11-31)5-6-21(17)28-25-29-24(32)22(34-25)15-18-16-27-23-20(18)4-3-7-26-23/h3-7,14-16,32H,8-13H2,1-2H3,(H,28,29)/b18-15+.